The molecule has 0 heterocycles. The van der Waals surface area contributed by atoms with E-state index in [0.717, 1.165) is 31.6 Å². The second-order valence-electron chi connectivity index (χ2n) is 9.21. The standard InChI is InChI=1S/C20H31ClO2/c1-19(11-22)9-7-13-12-3-4-16-18(21)17(23)8-10-20(16,2)15(12)6-5-14(13)19/h12,15-18,22-23H,3-11H2,1-2H3/t12-,15-,16+,17+,18?,19-,20+/m0/s1. The van der Waals surface area contributed by atoms with Crippen molar-refractivity contribution in [3.05, 3.63) is 11.1 Å². The minimum atomic E-state index is -0.311. The normalized spacial score (nSPS) is 52.8. The third-order valence-electron chi connectivity index (χ3n) is 8.26. The van der Waals surface area contributed by atoms with E-state index in [0.29, 0.717) is 23.9 Å². The van der Waals surface area contributed by atoms with Crippen LogP contribution < -0.4 is 0 Å². The Balaban J connectivity index is 1.67. The smallest absolute Gasteiger partial charge is 0.0706 e. The molecule has 2 nitrogen and oxygen atoms in total. The van der Waals surface area contributed by atoms with Crippen LogP contribution >= 0.6 is 11.6 Å². The predicted octanol–water partition coefficient (Wildman–Crippen LogP) is 4.28. The lowest BCUT2D eigenvalue weighted by atomic mass is 9.48. The zero-order valence-corrected chi connectivity index (χ0v) is 15.3. The summed E-state index contributed by atoms with van der Waals surface area (Å²) in [5.41, 5.74) is 3.65. The van der Waals surface area contributed by atoms with Crippen LogP contribution in [0.1, 0.15) is 65.2 Å². The maximum Gasteiger partial charge on any atom is 0.0706 e. The van der Waals surface area contributed by atoms with Crippen LogP contribution in [0.4, 0.5) is 0 Å². The van der Waals surface area contributed by atoms with Gasteiger partial charge in [0.2, 0.25) is 0 Å². The van der Waals surface area contributed by atoms with Crippen LogP contribution in [0.25, 0.3) is 0 Å². The zero-order valence-electron chi connectivity index (χ0n) is 14.5. The molecule has 0 aliphatic heterocycles. The summed E-state index contributed by atoms with van der Waals surface area (Å²) in [6, 6.07) is 0. The molecule has 1 unspecified atom stereocenters. The van der Waals surface area contributed by atoms with E-state index >= 15 is 0 Å². The number of hydrogen-bond donors (Lipinski definition) is 2. The molecule has 0 amide bonds. The van der Waals surface area contributed by atoms with Gasteiger partial charge in [0.1, 0.15) is 0 Å². The number of aliphatic hydroxyl groups excluding tert-OH is 2. The summed E-state index contributed by atoms with van der Waals surface area (Å²) in [5, 5.41) is 20.0. The second kappa shape index (κ2) is 5.47. The molecular formula is C20H31ClO2. The van der Waals surface area contributed by atoms with Gasteiger partial charge in [0, 0.05) is 5.41 Å². The zero-order chi connectivity index (χ0) is 16.4. The molecule has 0 bridgehead atoms. The number of halogens is 1. The molecule has 0 radical (unpaired) electrons. The predicted molar refractivity (Wildman–Crippen MR) is 93.4 cm³/mol. The lowest BCUT2D eigenvalue weighted by Crippen LogP contribution is -2.54. The van der Waals surface area contributed by atoms with Crippen LogP contribution in [0.2, 0.25) is 0 Å². The summed E-state index contributed by atoms with van der Waals surface area (Å²) < 4.78 is 0. The van der Waals surface area contributed by atoms with Crippen molar-refractivity contribution in [2.24, 2.45) is 28.6 Å². The highest BCUT2D eigenvalue weighted by Crippen LogP contribution is 2.64. The molecule has 0 aromatic carbocycles. The number of hydrogen-bond acceptors (Lipinski definition) is 2. The van der Waals surface area contributed by atoms with Crippen molar-refractivity contribution < 1.29 is 10.2 Å². The average Bonchev–Trinajstić information content (AvgIpc) is 2.90. The summed E-state index contributed by atoms with van der Waals surface area (Å²) in [5.74, 6) is 1.92. The van der Waals surface area contributed by atoms with E-state index in [1.807, 2.05) is 0 Å². The molecule has 0 saturated heterocycles. The Morgan fingerprint density at radius 2 is 1.83 bits per heavy atom. The first-order valence-electron chi connectivity index (χ1n) is 9.56. The fraction of sp³-hybridized carbons (Fsp3) is 0.900. The number of aliphatic hydroxyl groups is 2. The van der Waals surface area contributed by atoms with Gasteiger partial charge in [-0.1, -0.05) is 25.0 Å². The summed E-state index contributed by atoms with van der Waals surface area (Å²) in [6.45, 7) is 5.02. The van der Waals surface area contributed by atoms with Crippen LogP contribution in [0.5, 0.6) is 0 Å². The fourth-order valence-corrected chi connectivity index (χ4v) is 7.34. The monoisotopic (exact) mass is 338 g/mol. The van der Waals surface area contributed by atoms with Gasteiger partial charge in [-0.15, -0.1) is 11.6 Å². The van der Waals surface area contributed by atoms with Crippen molar-refractivity contribution in [3.8, 4) is 0 Å². The van der Waals surface area contributed by atoms with Gasteiger partial charge in [-0.2, -0.15) is 0 Å². The molecule has 0 aromatic rings. The Bertz CT molecular complexity index is 530. The molecule has 2 fully saturated rings. The molecule has 0 aromatic heterocycles. The molecule has 2 saturated carbocycles. The van der Waals surface area contributed by atoms with Crippen LogP contribution in [-0.4, -0.2) is 28.3 Å². The highest BCUT2D eigenvalue weighted by atomic mass is 35.5. The number of allylic oxidation sites excluding steroid dienone is 1. The average molecular weight is 339 g/mol. The fourth-order valence-electron chi connectivity index (χ4n) is 6.80. The van der Waals surface area contributed by atoms with E-state index in [9.17, 15) is 10.2 Å². The van der Waals surface area contributed by atoms with E-state index in [-0.39, 0.29) is 16.9 Å². The first-order chi connectivity index (χ1) is 10.9. The highest BCUT2D eigenvalue weighted by Gasteiger charge is 2.56. The van der Waals surface area contributed by atoms with E-state index in [2.05, 4.69) is 13.8 Å². The van der Waals surface area contributed by atoms with Gasteiger partial charge >= 0.3 is 0 Å². The molecule has 3 heteroatoms. The van der Waals surface area contributed by atoms with Crippen molar-refractivity contribution in [1.82, 2.24) is 0 Å². The maximum atomic E-state index is 10.2. The molecule has 130 valence electrons. The molecule has 7 atom stereocenters. The Labute approximate surface area is 145 Å². The van der Waals surface area contributed by atoms with E-state index in [4.69, 9.17) is 11.6 Å². The number of alkyl halides is 1. The molecule has 2 N–H and O–H groups in total. The van der Waals surface area contributed by atoms with E-state index < -0.39 is 0 Å². The second-order valence-corrected chi connectivity index (χ2v) is 9.72. The van der Waals surface area contributed by atoms with Crippen molar-refractivity contribution in [3.63, 3.8) is 0 Å². The maximum absolute atomic E-state index is 10.2. The lowest BCUT2D eigenvalue weighted by molar-refractivity contribution is -0.0663. The largest absolute Gasteiger partial charge is 0.395 e. The first kappa shape index (κ1) is 16.4. The quantitative estimate of drug-likeness (QED) is 0.553. The molecule has 4 aliphatic rings. The van der Waals surface area contributed by atoms with Crippen molar-refractivity contribution in [1.29, 1.82) is 0 Å². The van der Waals surface area contributed by atoms with Gasteiger partial charge in [-0.25, -0.2) is 0 Å². The summed E-state index contributed by atoms with van der Waals surface area (Å²) in [7, 11) is 0. The molecule has 23 heavy (non-hydrogen) atoms. The van der Waals surface area contributed by atoms with Crippen LogP contribution in [0.15, 0.2) is 11.1 Å². The van der Waals surface area contributed by atoms with Gasteiger partial charge in [-0.3, -0.25) is 0 Å². The Morgan fingerprint density at radius 1 is 1.04 bits per heavy atom. The third-order valence-corrected chi connectivity index (χ3v) is 8.86. The van der Waals surface area contributed by atoms with Crippen molar-refractivity contribution >= 4 is 11.6 Å². The van der Waals surface area contributed by atoms with Gasteiger partial charge < -0.3 is 10.2 Å². The van der Waals surface area contributed by atoms with E-state index in [1.54, 1.807) is 11.1 Å². The van der Waals surface area contributed by atoms with Crippen LogP contribution in [0, 0.1) is 28.6 Å². The molecular weight excluding hydrogens is 308 g/mol. The molecule has 4 aliphatic carbocycles. The summed E-state index contributed by atoms with van der Waals surface area (Å²) in [4.78, 5) is 0. The Hall–Kier alpha value is -0.0500. The van der Waals surface area contributed by atoms with Crippen LogP contribution in [-0.2, 0) is 0 Å². The van der Waals surface area contributed by atoms with Gasteiger partial charge in [0.25, 0.3) is 0 Å². The van der Waals surface area contributed by atoms with Crippen molar-refractivity contribution in [2.45, 2.75) is 76.7 Å². The Kier molecular flexibility index (Phi) is 3.91. The lowest BCUT2D eigenvalue weighted by Gasteiger charge is -2.58. The van der Waals surface area contributed by atoms with Crippen LogP contribution in [0.3, 0.4) is 0 Å². The number of rotatable bonds is 1. The first-order valence-corrected chi connectivity index (χ1v) is 10.00. The topological polar surface area (TPSA) is 40.5 Å². The number of fused-ring (bicyclic) bond motifs is 4. The summed E-state index contributed by atoms with van der Waals surface area (Å²) in [6.07, 6.45) is 8.84. The SMILES string of the molecule is C[C@@]1(CO)CCC2=C1CC[C@H]1[C@H]2CC[C@@H]2C(Cl)[C@H](O)CC[C@@]21C. The highest BCUT2D eigenvalue weighted by molar-refractivity contribution is 6.21. The van der Waals surface area contributed by atoms with Crippen molar-refractivity contribution in [2.75, 3.05) is 6.61 Å². The van der Waals surface area contributed by atoms with Gasteiger partial charge in [-0.05, 0) is 74.5 Å². The summed E-state index contributed by atoms with van der Waals surface area (Å²) >= 11 is 6.65. The van der Waals surface area contributed by atoms with Gasteiger partial charge in [0.05, 0.1) is 18.1 Å². The Morgan fingerprint density at radius 3 is 2.57 bits per heavy atom. The minimum Gasteiger partial charge on any atom is -0.395 e. The third kappa shape index (κ3) is 2.20. The van der Waals surface area contributed by atoms with E-state index in [1.165, 1.54) is 25.7 Å². The van der Waals surface area contributed by atoms with Gasteiger partial charge in [0.15, 0.2) is 0 Å². The minimum absolute atomic E-state index is 0.0514. The molecule has 4 rings (SSSR count). The molecule has 0 spiro atoms.